The Morgan fingerprint density at radius 1 is 1.60 bits per heavy atom. The number of hydrogen-bond donors (Lipinski definition) is 2. The lowest BCUT2D eigenvalue weighted by Gasteiger charge is -2.09. The first kappa shape index (κ1) is 6.52. The van der Waals surface area contributed by atoms with Crippen LogP contribution in [0.5, 0.6) is 0 Å². The highest BCUT2D eigenvalue weighted by Crippen LogP contribution is 2.23. The van der Waals surface area contributed by atoms with Crippen molar-refractivity contribution in [3.05, 3.63) is 0 Å². The second kappa shape index (κ2) is 2.15. The Labute approximate surface area is 58.2 Å². The van der Waals surface area contributed by atoms with Crippen LogP contribution in [0.4, 0.5) is 4.39 Å². The molecule has 3 unspecified atom stereocenters. The average molecular weight is 147 g/mol. The lowest BCUT2D eigenvalue weighted by Crippen LogP contribution is -2.36. The Hall–Kier alpha value is -0.190. The first-order valence-electron chi connectivity index (χ1n) is 3.46. The van der Waals surface area contributed by atoms with Crippen LogP contribution in [0, 0.1) is 0 Å². The molecule has 2 saturated heterocycles. The lowest BCUT2D eigenvalue weighted by molar-refractivity contribution is 0.0496. The SMILES string of the molecule is OC1CO[C@@H]2C(F)CNC12. The third-order valence-electron chi connectivity index (χ3n) is 2.13. The highest BCUT2D eigenvalue weighted by Gasteiger charge is 2.45. The molecule has 2 fully saturated rings. The summed E-state index contributed by atoms with van der Waals surface area (Å²) in [6, 6.07) is -0.171. The molecule has 0 bridgehead atoms. The van der Waals surface area contributed by atoms with E-state index in [1.165, 1.54) is 0 Å². The van der Waals surface area contributed by atoms with E-state index in [1.54, 1.807) is 0 Å². The summed E-state index contributed by atoms with van der Waals surface area (Å²) in [5.41, 5.74) is 0. The Balaban J connectivity index is 2.09. The molecule has 2 aliphatic heterocycles. The molecule has 0 aromatic heterocycles. The molecule has 0 radical (unpaired) electrons. The second-order valence-electron chi connectivity index (χ2n) is 2.82. The maximum absolute atomic E-state index is 12.8. The van der Waals surface area contributed by atoms with Gasteiger partial charge in [-0.05, 0) is 0 Å². The molecule has 0 amide bonds. The van der Waals surface area contributed by atoms with Gasteiger partial charge in [-0.3, -0.25) is 0 Å². The van der Waals surface area contributed by atoms with Gasteiger partial charge >= 0.3 is 0 Å². The largest absolute Gasteiger partial charge is 0.389 e. The molecule has 0 aromatic carbocycles. The third-order valence-corrected chi connectivity index (χ3v) is 2.13. The van der Waals surface area contributed by atoms with Crippen molar-refractivity contribution in [2.24, 2.45) is 0 Å². The molecular formula is C6H10FNO2. The van der Waals surface area contributed by atoms with Crippen molar-refractivity contribution in [3.8, 4) is 0 Å². The van der Waals surface area contributed by atoms with Crippen LogP contribution in [0.1, 0.15) is 0 Å². The molecule has 0 aromatic rings. The summed E-state index contributed by atoms with van der Waals surface area (Å²) in [6.07, 6.45) is -1.87. The minimum Gasteiger partial charge on any atom is -0.389 e. The molecule has 3 nitrogen and oxygen atoms in total. The van der Waals surface area contributed by atoms with Gasteiger partial charge < -0.3 is 15.2 Å². The van der Waals surface area contributed by atoms with E-state index in [1.807, 2.05) is 0 Å². The van der Waals surface area contributed by atoms with Crippen LogP contribution in [-0.2, 0) is 4.74 Å². The third kappa shape index (κ3) is 0.761. The maximum Gasteiger partial charge on any atom is 0.140 e. The molecule has 2 aliphatic rings. The minimum atomic E-state index is -0.942. The van der Waals surface area contributed by atoms with Gasteiger partial charge in [-0.1, -0.05) is 0 Å². The van der Waals surface area contributed by atoms with Gasteiger partial charge in [0.15, 0.2) is 0 Å². The zero-order chi connectivity index (χ0) is 7.14. The van der Waals surface area contributed by atoms with Crippen LogP contribution in [0.25, 0.3) is 0 Å². The molecule has 2 N–H and O–H groups in total. The zero-order valence-electron chi connectivity index (χ0n) is 5.46. The number of ether oxygens (including phenoxy) is 1. The molecule has 2 heterocycles. The monoisotopic (exact) mass is 147 g/mol. The van der Waals surface area contributed by atoms with Crippen LogP contribution in [0.3, 0.4) is 0 Å². The summed E-state index contributed by atoms with van der Waals surface area (Å²) in [5, 5.41) is 12.0. The van der Waals surface area contributed by atoms with Crippen molar-refractivity contribution in [2.45, 2.75) is 24.4 Å². The Morgan fingerprint density at radius 3 is 3.10 bits per heavy atom. The first-order chi connectivity index (χ1) is 4.79. The van der Waals surface area contributed by atoms with Gasteiger partial charge in [0.25, 0.3) is 0 Å². The van der Waals surface area contributed by atoms with E-state index >= 15 is 0 Å². The summed E-state index contributed by atoms with van der Waals surface area (Å²) in [7, 11) is 0. The quantitative estimate of drug-likeness (QED) is 0.464. The fraction of sp³-hybridized carbons (Fsp3) is 1.00. The number of hydrogen-bond acceptors (Lipinski definition) is 3. The molecule has 10 heavy (non-hydrogen) atoms. The second-order valence-corrected chi connectivity index (χ2v) is 2.82. The number of rotatable bonds is 0. The molecule has 4 atom stereocenters. The predicted octanol–water partition coefficient (Wildman–Crippen LogP) is -0.944. The highest BCUT2D eigenvalue weighted by atomic mass is 19.1. The normalized spacial score (nSPS) is 53.4. The van der Waals surface area contributed by atoms with Gasteiger partial charge in [0.05, 0.1) is 18.8 Å². The lowest BCUT2D eigenvalue weighted by atomic mass is 10.1. The van der Waals surface area contributed by atoms with Crippen LogP contribution in [0.2, 0.25) is 0 Å². The van der Waals surface area contributed by atoms with Gasteiger partial charge in [-0.25, -0.2) is 4.39 Å². The minimum absolute atomic E-state index is 0.171. The van der Waals surface area contributed by atoms with Crippen molar-refractivity contribution in [1.82, 2.24) is 5.32 Å². The maximum atomic E-state index is 12.8. The van der Waals surface area contributed by atoms with E-state index in [4.69, 9.17) is 9.84 Å². The van der Waals surface area contributed by atoms with Gasteiger partial charge in [0, 0.05) is 6.54 Å². The Bertz CT molecular complexity index is 128. The highest BCUT2D eigenvalue weighted by molar-refractivity contribution is 4.99. The fourth-order valence-electron chi connectivity index (χ4n) is 1.58. The standard InChI is InChI=1S/C6H10FNO2/c7-3-1-8-5-4(9)2-10-6(3)5/h3-6,8-9H,1-2H2/t3?,4?,5?,6-/m1/s1. The smallest absolute Gasteiger partial charge is 0.140 e. The first-order valence-corrected chi connectivity index (χ1v) is 3.46. The number of aliphatic hydroxyl groups is 1. The number of alkyl halides is 1. The van der Waals surface area contributed by atoms with Crippen molar-refractivity contribution in [3.63, 3.8) is 0 Å². The van der Waals surface area contributed by atoms with Crippen molar-refractivity contribution in [1.29, 1.82) is 0 Å². The van der Waals surface area contributed by atoms with Crippen LogP contribution in [0.15, 0.2) is 0 Å². The molecule has 4 heteroatoms. The predicted molar refractivity (Wildman–Crippen MR) is 32.4 cm³/mol. The molecule has 2 rings (SSSR count). The number of halogens is 1. The average Bonchev–Trinajstić information content (AvgIpc) is 2.41. The van der Waals surface area contributed by atoms with E-state index in [0.717, 1.165) is 0 Å². The summed E-state index contributed by atoms with van der Waals surface area (Å²) < 4.78 is 17.8. The van der Waals surface area contributed by atoms with E-state index in [0.29, 0.717) is 6.54 Å². The molecule has 0 saturated carbocycles. The van der Waals surface area contributed by atoms with Crippen LogP contribution < -0.4 is 5.32 Å². The summed E-state index contributed by atoms with van der Waals surface area (Å²) in [4.78, 5) is 0. The van der Waals surface area contributed by atoms with Gasteiger partial charge in [0.2, 0.25) is 0 Å². The van der Waals surface area contributed by atoms with Crippen LogP contribution in [-0.4, -0.2) is 42.7 Å². The van der Waals surface area contributed by atoms with E-state index < -0.39 is 18.4 Å². The van der Waals surface area contributed by atoms with Gasteiger partial charge in [-0.2, -0.15) is 0 Å². The Kier molecular flexibility index (Phi) is 1.40. The molecule has 58 valence electrons. The zero-order valence-corrected chi connectivity index (χ0v) is 5.46. The number of aliphatic hydroxyl groups excluding tert-OH is 1. The van der Waals surface area contributed by atoms with E-state index in [-0.39, 0.29) is 12.6 Å². The molecule has 0 aliphatic carbocycles. The van der Waals surface area contributed by atoms with Crippen molar-refractivity contribution in [2.75, 3.05) is 13.2 Å². The summed E-state index contributed by atoms with van der Waals surface area (Å²) in [6.45, 7) is 0.579. The fourth-order valence-corrected chi connectivity index (χ4v) is 1.58. The number of nitrogens with one attached hydrogen (secondary N) is 1. The Morgan fingerprint density at radius 2 is 2.40 bits per heavy atom. The number of fused-ring (bicyclic) bond motifs is 1. The van der Waals surface area contributed by atoms with Crippen LogP contribution >= 0.6 is 0 Å². The van der Waals surface area contributed by atoms with Crippen molar-refractivity contribution < 1.29 is 14.2 Å². The molecule has 0 spiro atoms. The van der Waals surface area contributed by atoms with Gasteiger partial charge in [0.1, 0.15) is 12.3 Å². The van der Waals surface area contributed by atoms with E-state index in [9.17, 15) is 4.39 Å². The summed E-state index contributed by atoms with van der Waals surface area (Å²) >= 11 is 0. The topological polar surface area (TPSA) is 41.5 Å². The van der Waals surface area contributed by atoms with E-state index in [2.05, 4.69) is 5.32 Å². The van der Waals surface area contributed by atoms with Crippen molar-refractivity contribution >= 4 is 0 Å². The summed E-state index contributed by atoms with van der Waals surface area (Å²) in [5.74, 6) is 0. The molecular weight excluding hydrogens is 137 g/mol. The van der Waals surface area contributed by atoms with Gasteiger partial charge in [-0.15, -0.1) is 0 Å².